The Balaban J connectivity index is 2.03. The molecule has 2 aliphatic rings. The van der Waals surface area contributed by atoms with Gasteiger partial charge in [0.25, 0.3) is 0 Å². The number of hydrogen-bond acceptors (Lipinski definition) is 2. The number of hydrogen-bond donors (Lipinski definition) is 2. The summed E-state index contributed by atoms with van der Waals surface area (Å²) in [6, 6.07) is 0. The number of carbonyl (C=O) groups is 1. The maximum absolute atomic E-state index is 13.3. The van der Waals surface area contributed by atoms with Crippen LogP contribution >= 0.6 is 0 Å². The minimum atomic E-state index is -2.59. The summed E-state index contributed by atoms with van der Waals surface area (Å²) in [4.78, 5) is 11.0. The van der Waals surface area contributed by atoms with E-state index < -0.39 is 17.8 Å². The van der Waals surface area contributed by atoms with Gasteiger partial charge in [0.2, 0.25) is 5.92 Å². The zero-order valence-electron chi connectivity index (χ0n) is 9.09. The average molecular weight is 233 g/mol. The van der Waals surface area contributed by atoms with Crippen LogP contribution in [-0.2, 0) is 4.79 Å². The van der Waals surface area contributed by atoms with Crippen molar-refractivity contribution in [3.63, 3.8) is 0 Å². The van der Waals surface area contributed by atoms with Crippen LogP contribution in [0.1, 0.15) is 25.7 Å². The summed E-state index contributed by atoms with van der Waals surface area (Å²) < 4.78 is 26.5. The van der Waals surface area contributed by atoms with Crippen molar-refractivity contribution in [1.82, 2.24) is 5.32 Å². The molecule has 3 unspecified atom stereocenters. The van der Waals surface area contributed by atoms with Crippen LogP contribution in [-0.4, -0.2) is 30.1 Å². The van der Waals surface area contributed by atoms with Crippen LogP contribution in [0.4, 0.5) is 8.78 Å². The lowest BCUT2D eigenvalue weighted by molar-refractivity contribution is -0.144. The number of carboxylic acid groups (broad SMARTS) is 1. The number of aliphatic carboxylic acids is 1. The van der Waals surface area contributed by atoms with Gasteiger partial charge in [0.05, 0.1) is 5.92 Å². The van der Waals surface area contributed by atoms with Gasteiger partial charge >= 0.3 is 5.97 Å². The van der Waals surface area contributed by atoms with E-state index in [-0.39, 0.29) is 24.7 Å². The molecule has 2 rings (SSSR count). The summed E-state index contributed by atoms with van der Waals surface area (Å²) in [6.45, 7) is 0.986. The summed E-state index contributed by atoms with van der Waals surface area (Å²) in [5, 5.41) is 12.0. The van der Waals surface area contributed by atoms with Crippen LogP contribution in [0.15, 0.2) is 0 Å². The second kappa shape index (κ2) is 4.28. The predicted octanol–water partition coefficient (Wildman–Crippen LogP) is 1.73. The highest BCUT2D eigenvalue weighted by molar-refractivity contribution is 5.71. The smallest absolute Gasteiger partial charge is 0.308 e. The van der Waals surface area contributed by atoms with Crippen molar-refractivity contribution in [1.29, 1.82) is 0 Å². The third kappa shape index (κ3) is 2.34. The standard InChI is InChI=1S/C11H17F2NO2/c12-11(13)3-1-2-7(4-11)8-5-14-6-9(8)10(15)16/h7-9,14H,1-6H2,(H,15,16). The Morgan fingerprint density at radius 3 is 2.75 bits per heavy atom. The van der Waals surface area contributed by atoms with Gasteiger partial charge in [0.15, 0.2) is 0 Å². The average Bonchev–Trinajstić information content (AvgIpc) is 2.64. The monoisotopic (exact) mass is 233 g/mol. The molecule has 2 fully saturated rings. The van der Waals surface area contributed by atoms with Gasteiger partial charge in [0, 0.05) is 19.4 Å². The molecule has 0 aromatic rings. The third-order valence-corrected chi connectivity index (χ3v) is 3.86. The molecule has 2 N–H and O–H groups in total. The quantitative estimate of drug-likeness (QED) is 0.763. The second-order valence-electron chi connectivity index (χ2n) is 4.98. The van der Waals surface area contributed by atoms with Crippen LogP contribution < -0.4 is 5.32 Å². The molecule has 0 aromatic carbocycles. The molecule has 0 aromatic heterocycles. The van der Waals surface area contributed by atoms with Gasteiger partial charge < -0.3 is 10.4 Å². The molecule has 92 valence electrons. The van der Waals surface area contributed by atoms with Gasteiger partial charge in [-0.3, -0.25) is 4.79 Å². The first-order chi connectivity index (χ1) is 7.49. The van der Waals surface area contributed by atoms with Crippen molar-refractivity contribution >= 4 is 5.97 Å². The predicted molar refractivity (Wildman–Crippen MR) is 54.4 cm³/mol. The topological polar surface area (TPSA) is 49.3 Å². The Morgan fingerprint density at radius 1 is 1.38 bits per heavy atom. The highest BCUT2D eigenvalue weighted by atomic mass is 19.3. The third-order valence-electron chi connectivity index (χ3n) is 3.86. The summed E-state index contributed by atoms with van der Waals surface area (Å²) in [5.74, 6) is -4.19. The molecular formula is C11H17F2NO2. The first kappa shape index (κ1) is 11.8. The molecule has 0 radical (unpaired) electrons. The van der Waals surface area contributed by atoms with Crippen LogP contribution in [0.25, 0.3) is 0 Å². The van der Waals surface area contributed by atoms with Gasteiger partial charge in [-0.05, 0) is 31.2 Å². The molecule has 0 amide bonds. The van der Waals surface area contributed by atoms with Crippen LogP contribution in [0.2, 0.25) is 0 Å². The SMILES string of the molecule is O=C(O)C1CNCC1C1CCCC(F)(F)C1. The molecule has 16 heavy (non-hydrogen) atoms. The highest BCUT2D eigenvalue weighted by Gasteiger charge is 2.44. The lowest BCUT2D eigenvalue weighted by Crippen LogP contribution is -2.35. The van der Waals surface area contributed by atoms with Crippen molar-refractivity contribution in [2.24, 2.45) is 17.8 Å². The number of carboxylic acids is 1. The summed E-state index contributed by atoms with van der Waals surface area (Å²) in [5.41, 5.74) is 0. The molecular weight excluding hydrogens is 216 g/mol. The van der Waals surface area contributed by atoms with Crippen molar-refractivity contribution in [3.8, 4) is 0 Å². The molecule has 0 spiro atoms. The Hall–Kier alpha value is -0.710. The van der Waals surface area contributed by atoms with Crippen molar-refractivity contribution < 1.29 is 18.7 Å². The molecule has 1 saturated carbocycles. The van der Waals surface area contributed by atoms with Crippen LogP contribution in [0, 0.1) is 17.8 Å². The molecule has 1 aliphatic carbocycles. The fourth-order valence-corrected chi connectivity index (χ4v) is 3.04. The van der Waals surface area contributed by atoms with E-state index in [2.05, 4.69) is 5.32 Å². The number of alkyl halides is 2. The van der Waals surface area contributed by atoms with Crippen molar-refractivity contribution in [2.45, 2.75) is 31.6 Å². The van der Waals surface area contributed by atoms with E-state index >= 15 is 0 Å². The maximum atomic E-state index is 13.3. The number of halogens is 2. The summed E-state index contributed by atoms with van der Waals surface area (Å²) in [6.07, 6.45) is 1.08. The van der Waals surface area contributed by atoms with Gasteiger partial charge in [-0.1, -0.05) is 0 Å². The molecule has 3 atom stereocenters. The van der Waals surface area contributed by atoms with E-state index in [1.54, 1.807) is 0 Å². The Morgan fingerprint density at radius 2 is 2.12 bits per heavy atom. The zero-order chi connectivity index (χ0) is 11.8. The minimum absolute atomic E-state index is 0.0403. The van der Waals surface area contributed by atoms with Crippen LogP contribution in [0.3, 0.4) is 0 Å². The number of rotatable bonds is 2. The highest BCUT2D eigenvalue weighted by Crippen LogP contribution is 2.42. The lowest BCUT2D eigenvalue weighted by Gasteiger charge is -2.33. The Labute approximate surface area is 93.2 Å². The first-order valence-corrected chi connectivity index (χ1v) is 5.81. The molecule has 5 heteroatoms. The largest absolute Gasteiger partial charge is 0.481 e. The van der Waals surface area contributed by atoms with Crippen molar-refractivity contribution in [3.05, 3.63) is 0 Å². The first-order valence-electron chi connectivity index (χ1n) is 5.81. The normalized spacial score (nSPS) is 38.5. The van der Waals surface area contributed by atoms with Gasteiger partial charge in [-0.15, -0.1) is 0 Å². The van der Waals surface area contributed by atoms with Gasteiger partial charge in [-0.2, -0.15) is 0 Å². The zero-order valence-corrected chi connectivity index (χ0v) is 9.09. The Bertz CT molecular complexity index is 283. The van der Waals surface area contributed by atoms with Gasteiger partial charge in [-0.25, -0.2) is 8.78 Å². The molecule has 1 heterocycles. The summed E-state index contributed by atoms with van der Waals surface area (Å²) in [7, 11) is 0. The van der Waals surface area contributed by atoms with E-state index in [1.807, 2.05) is 0 Å². The fraction of sp³-hybridized carbons (Fsp3) is 0.909. The summed E-state index contributed by atoms with van der Waals surface area (Å²) >= 11 is 0. The minimum Gasteiger partial charge on any atom is -0.481 e. The van der Waals surface area contributed by atoms with E-state index in [4.69, 9.17) is 5.11 Å². The number of nitrogens with one attached hydrogen (secondary N) is 1. The van der Waals surface area contributed by atoms with E-state index in [9.17, 15) is 13.6 Å². The lowest BCUT2D eigenvalue weighted by atomic mass is 9.74. The molecule has 3 nitrogen and oxygen atoms in total. The Kier molecular flexibility index (Phi) is 3.15. The van der Waals surface area contributed by atoms with E-state index in [0.717, 1.165) is 6.42 Å². The second-order valence-corrected chi connectivity index (χ2v) is 4.98. The van der Waals surface area contributed by atoms with Crippen LogP contribution in [0.5, 0.6) is 0 Å². The van der Waals surface area contributed by atoms with E-state index in [1.165, 1.54) is 0 Å². The molecule has 1 saturated heterocycles. The molecule has 1 aliphatic heterocycles. The maximum Gasteiger partial charge on any atom is 0.308 e. The molecule has 0 bridgehead atoms. The fourth-order valence-electron chi connectivity index (χ4n) is 3.04. The van der Waals surface area contributed by atoms with Crippen molar-refractivity contribution in [2.75, 3.05) is 13.1 Å². The van der Waals surface area contributed by atoms with Gasteiger partial charge in [0.1, 0.15) is 0 Å². The van der Waals surface area contributed by atoms with E-state index in [0.29, 0.717) is 19.5 Å².